The molecule has 1 aliphatic rings. The highest BCUT2D eigenvalue weighted by Gasteiger charge is 2.35. The molecule has 0 radical (unpaired) electrons. The Morgan fingerprint density at radius 2 is 1.71 bits per heavy atom. The average molecular weight is 579 g/mol. The maximum atomic E-state index is 13.8. The molecule has 2 amide bonds. The van der Waals surface area contributed by atoms with Crippen LogP contribution in [-0.2, 0) is 16.0 Å². The van der Waals surface area contributed by atoms with Crippen molar-refractivity contribution < 1.29 is 19.1 Å². The van der Waals surface area contributed by atoms with E-state index in [-0.39, 0.29) is 17.7 Å². The number of hydrogen-bond donors (Lipinski definition) is 0. The number of hydrogen-bond acceptors (Lipinski definition) is 6. The molecule has 0 unspecified atom stereocenters. The number of rotatable bonds is 8. The lowest BCUT2D eigenvalue weighted by Gasteiger charge is -2.27. The van der Waals surface area contributed by atoms with E-state index in [0.717, 1.165) is 16.2 Å². The molecule has 2 heterocycles. The molecule has 4 aromatic rings. The number of imide groups is 1. The van der Waals surface area contributed by atoms with Crippen LogP contribution in [0, 0.1) is 11.3 Å². The van der Waals surface area contributed by atoms with Crippen molar-refractivity contribution in [2.24, 2.45) is 0 Å². The highest BCUT2D eigenvalue weighted by molar-refractivity contribution is 6.32. The Bertz CT molecular complexity index is 1770. The van der Waals surface area contributed by atoms with Gasteiger partial charge in [-0.3, -0.25) is 14.5 Å². The lowest BCUT2D eigenvalue weighted by molar-refractivity contribution is -0.140. The summed E-state index contributed by atoms with van der Waals surface area (Å²) in [6.07, 6.45) is 3.91. The summed E-state index contributed by atoms with van der Waals surface area (Å²) in [5, 5.41) is 15.1. The lowest BCUT2D eigenvalue weighted by Crippen LogP contribution is -2.43. The van der Waals surface area contributed by atoms with Gasteiger partial charge in [0, 0.05) is 29.4 Å². The van der Waals surface area contributed by atoms with Gasteiger partial charge in [0.2, 0.25) is 0 Å². The summed E-state index contributed by atoms with van der Waals surface area (Å²) in [5.74, 6) is 0.155. The first kappa shape index (κ1) is 28.4. The van der Waals surface area contributed by atoms with Crippen LogP contribution in [-0.4, -0.2) is 47.3 Å². The minimum absolute atomic E-state index is 0.0694. The molecular weight excluding hydrogens is 552 g/mol. The maximum absolute atomic E-state index is 13.8. The van der Waals surface area contributed by atoms with Crippen molar-refractivity contribution in [1.29, 1.82) is 5.26 Å². The number of amides is 2. The number of nitrogens with zero attached hydrogens (tertiary/aromatic N) is 4. The fraction of sp³-hybridized carbons (Fsp3) is 0.152. The molecule has 0 saturated carbocycles. The predicted octanol–water partition coefficient (Wildman–Crippen LogP) is 6.04. The van der Waals surface area contributed by atoms with Crippen molar-refractivity contribution in [3.8, 4) is 34.5 Å². The van der Waals surface area contributed by atoms with Gasteiger partial charge in [0.25, 0.3) is 11.8 Å². The third-order valence-electron chi connectivity index (χ3n) is 7.10. The van der Waals surface area contributed by atoms with E-state index in [1.54, 1.807) is 50.2 Å². The summed E-state index contributed by atoms with van der Waals surface area (Å²) in [6.45, 7) is 1.73. The average Bonchev–Trinajstić information content (AvgIpc) is 3.44. The summed E-state index contributed by atoms with van der Waals surface area (Å²) in [6, 6.07) is 24.3. The zero-order valence-electron chi connectivity index (χ0n) is 23.3. The predicted molar refractivity (Wildman–Crippen MR) is 160 cm³/mol. The van der Waals surface area contributed by atoms with Gasteiger partial charge in [0.1, 0.15) is 28.8 Å². The van der Waals surface area contributed by atoms with Crippen LogP contribution in [0.1, 0.15) is 18.1 Å². The number of benzene rings is 3. The van der Waals surface area contributed by atoms with Gasteiger partial charge in [-0.15, -0.1) is 0 Å². The molecule has 0 N–H and O–H groups in total. The molecule has 210 valence electrons. The van der Waals surface area contributed by atoms with E-state index in [9.17, 15) is 14.9 Å². The first-order valence-corrected chi connectivity index (χ1v) is 13.5. The van der Waals surface area contributed by atoms with Gasteiger partial charge in [-0.05, 0) is 73.0 Å². The molecule has 3 aromatic carbocycles. The van der Waals surface area contributed by atoms with Gasteiger partial charge in [0.15, 0.2) is 0 Å². The van der Waals surface area contributed by atoms with E-state index >= 15 is 0 Å². The monoisotopic (exact) mass is 578 g/mol. The second kappa shape index (κ2) is 12.2. The van der Waals surface area contributed by atoms with Crippen molar-refractivity contribution in [3.63, 3.8) is 0 Å². The van der Waals surface area contributed by atoms with Crippen LogP contribution in [0.15, 0.2) is 95.7 Å². The second-order valence-electron chi connectivity index (χ2n) is 9.59. The molecule has 5 rings (SSSR count). The summed E-state index contributed by atoms with van der Waals surface area (Å²) in [4.78, 5) is 28.1. The van der Waals surface area contributed by atoms with Gasteiger partial charge in [0.05, 0.1) is 24.9 Å². The van der Waals surface area contributed by atoms with Gasteiger partial charge in [-0.2, -0.15) is 10.4 Å². The van der Waals surface area contributed by atoms with Gasteiger partial charge < -0.3 is 9.47 Å². The molecule has 0 atom stereocenters. The van der Waals surface area contributed by atoms with Gasteiger partial charge >= 0.3 is 0 Å². The van der Waals surface area contributed by atoms with Crippen molar-refractivity contribution in [1.82, 2.24) is 14.7 Å². The first-order chi connectivity index (χ1) is 20.3. The number of nitriles is 1. The normalized spacial score (nSPS) is 14.4. The molecule has 0 aliphatic carbocycles. The molecule has 8 nitrogen and oxygen atoms in total. The van der Waals surface area contributed by atoms with Crippen LogP contribution in [0.2, 0.25) is 5.02 Å². The molecule has 9 heteroatoms. The van der Waals surface area contributed by atoms with Crippen LogP contribution in [0.3, 0.4) is 0 Å². The number of para-hydroxylation sites is 1. The number of carbonyl (C=O) groups excluding carboxylic acids is 2. The van der Waals surface area contributed by atoms with Crippen LogP contribution in [0.25, 0.3) is 23.0 Å². The fourth-order valence-corrected chi connectivity index (χ4v) is 5.02. The van der Waals surface area contributed by atoms with Crippen LogP contribution in [0.5, 0.6) is 11.5 Å². The number of halogens is 1. The Hall–Kier alpha value is -5.13. The smallest absolute Gasteiger partial charge is 0.271 e. The van der Waals surface area contributed by atoms with Crippen molar-refractivity contribution in [2.75, 3.05) is 20.8 Å². The van der Waals surface area contributed by atoms with E-state index < -0.39 is 11.8 Å². The van der Waals surface area contributed by atoms with Gasteiger partial charge in [-0.25, -0.2) is 4.68 Å². The molecule has 0 spiro atoms. The zero-order valence-corrected chi connectivity index (χ0v) is 24.1. The van der Waals surface area contributed by atoms with Crippen molar-refractivity contribution in [3.05, 3.63) is 112 Å². The minimum Gasteiger partial charge on any atom is -0.497 e. The van der Waals surface area contributed by atoms with Gasteiger partial charge in [-0.1, -0.05) is 41.9 Å². The van der Waals surface area contributed by atoms with Crippen LogP contribution in [0.4, 0.5) is 0 Å². The Morgan fingerprint density at radius 1 is 0.976 bits per heavy atom. The summed E-state index contributed by atoms with van der Waals surface area (Å²) < 4.78 is 12.2. The maximum Gasteiger partial charge on any atom is 0.271 e. The number of methoxy groups -OCH3 is 2. The van der Waals surface area contributed by atoms with E-state index in [1.807, 2.05) is 66.7 Å². The summed E-state index contributed by atoms with van der Waals surface area (Å²) in [5.41, 5.74) is 4.13. The zero-order chi connectivity index (χ0) is 29.8. The Balaban J connectivity index is 1.58. The molecule has 42 heavy (non-hydrogen) atoms. The van der Waals surface area contributed by atoms with E-state index in [0.29, 0.717) is 45.3 Å². The fourth-order valence-electron chi connectivity index (χ4n) is 4.77. The topological polar surface area (TPSA) is 97.5 Å². The minimum atomic E-state index is -0.604. The molecule has 0 saturated heterocycles. The third-order valence-corrected chi connectivity index (χ3v) is 7.39. The lowest BCUT2D eigenvalue weighted by atomic mass is 9.93. The molecule has 1 aromatic heterocycles. The quantitative estimate of drug-likeness (QED) is 0.187. The number of carbonyl (C=O) groups is 2. The van der Waals surface area contributed by atoms with E-state index in [1.165, 1.54) is 0 Å². The molecule has 1 aliphatic heterocycles. The van der Waals surface area contributed by atoms with Crippen molar-refractivity contribution in [2.45, 2.75) is 13.3 Å². The van der Waals surface area contributed by atoms with E-state index in [2.05, 4.69) is 0 Å². The first-order valence-electron chi connectivity index (χ1n) is 13.2. The Labute approximate surface area is 248 Å². The van der Waals surface area contributed by atoms with E-state index in [4.69, 9.17) is 26.2 Å². The number of ether oxygens (including phenoxy) is 2. The standard InChI is InChI=1S/C33H27ClN4O4/c1-21-27(32(39)37(33(40)28(21)19-35)16-15-22-9-12-26(41-2)13-10-22)17-24-20-38(25-7-5-4-6-8-25)36-31(24)23-11-14-30(42-3)29(34)18-23/h4-14,17-18,20H,15-16H2,1-3H3/b27-17+. The molecule has 0 bridgehead atoms. The SMILES string of the molecule is COc1ccc(CCN2C(=O)C(C#N)=C(C)/C(=C\c3cn(-c4ccccc4)nc3-c3ccc(OC)c(Cl)c3)C2=O)cc1. The molecular formula is C33H27ClN4O4. The number of aromatic nitrogens is 2. The third kappa shape index (κ3) is 5.55. The highest BCUT2D eigenvalue weighted by atomic mass is 35.5. The second-order valence-corrected chi connectivity index (χ2v) is 10.00. The molecule has 0 fully saturated rings. The van der Waals surface area contributed by atoms with Crippen LogP contribution < -0.4 is 9.47 Å². The Morgan fingerprint density at radius 3 is 2.36 bits per heavy atom. The Kier molecular flexibility index (Phi) is 8.23. The summed E-state index contributed by atoms with van der Waals surface area (Å²) >= 11 is 6.45. The highest BCUT2D eigenvalue weighted by Crippen LogP contribution is 2.34. The largest absolute Gasteiger partial charge is 0.497 e. The summed E-state index contributed by atoms with van der Waals surface area (Å²) in [7, 11) is 3.13. The van der Waals surface area contributed by atoms with Crippen molar-refractivity contribution >= 4 is 29.5 Å². The van der Waals surface area contributed by atoms with Crippen LogP contribution >= 0.6 is 11.6 Å².